The molecule has 0 saturated heterocycles. The quantitative estimate of drug-likeness (QED) is 0.0934. The number of esters is 1. The van der Waals surface area contributed by atoms with E-state index in [2.05, 4.69) is 31.2 Å². The fourth-order valence-corrected chi connectivity index (χ4v) is 3.22. The van der Waals surface area contributed by atoms with E-state index >= 15 is 0 Å². The van der Waals surface area contributed by atoms with Crippen molar-refractivity contribution in [3.05, 3.63) is 24.3 Å². The Balaban J connectivity index is 3.50. The van der Waals surface area contributed by atoms with Gasteiger partial charge in [0.2, 0.25) is 0 Å². The van der Waals surface area contributed by atoms with Gasteiger partial charge < -0.3 is 19.1 Å². The molecule has 0 radical (unpaired) electrons. The number of carbonyl (C=O) groups is 2. The summed E-state index contributed by atoms with van der Waals surface area (Å²) in [7, 11) is 3.94. The first kappa shape index (κ1) is 32.2. The molecule has 0 N–H and O–H groups in total. The molecule has 0 aromatic rings. The lowest BCUT2D eigenvalue weighted by Gasteiger charge is -2.13. The summed E-state index contributed by atoms with van der Waals surface area (Å²) in [5.41, 5.74) is 0. The van der Waals surface area contributed by atoms with Gasteiger partial charge >= 0.3 is 12.1 Å². The van der Waals surface area contributed by atoms with Crippen LogP contribution in [0.5, 0.6) is 0 Å². The molecule has 0 amide bonds. The van der Waals surface area contributed by atoms with Crippen molar-refractivity contribution in [2.45, 2.75) is 97.3 Å². The van der Waals surface area contributed by atoms with E-state index < -0.39 is 6.16 Å². The van der Waals surface area contributed by atoms with Gasteiger partial charge in [-0.05, 0) is 59.0 Å². The van der Waals surface area contributed by atoms with E-state index in [9.17, 15) is 9.59 Å². The van der Waals surface area contributed by atoms with E-state index in [0.29, 0.717) is 13.0 Å². The van der Waals surface area contributed by atoms with Gasteiger partial charge in [0, 0.05) is 18.9 Å². The molecule has 6 nitrogen and oxygen atoms in total. The molecule has 0 spiro atoms. The highest BCUT2D eigenvalue weighted by Gasteiger charge is 2.11. The lowest BCUT2D eigenvalue weighted by atomic mass is 10.1. The van der Waals surface area contributed by atoms with Crippen molar-refractivity contribution in [2.24, 2.45) is 5.92 Å². The third-order valence-electron chi connectivity index (χ3n) is 5.32. The molecule has 0 fully saturated rings. The average molecular weight is 482 g/mol. The molecule has 6 heteroatoms. The molecule has 0 aliphatic carbocycles. The van der Waals surface area contributed by atoms with Gasteiger partial charge in [0.25, 0.3) is 0 Å². The number of nitrogens with zero attached hydrogens (tertiary/aromatic N) is 1. The third kappa shape index (κ3) is 24.8. The van der Waals surface area contributed by atoms with Crippen LogP contribution in [0.4, 0.5) is 4.79 Å². The summed E-state index contributed by atoms with van der Waals surface area (Å²) in [4.78, 5) is 25.4. The van der Waals surface area contributed by atoms with Crippen LogP contribution < -0.4 is 0 Å². The van der Waals surface area contributed by atoms with Gasteiger partial charge in [-0.15, -0.1) is 0 Å². The Morgan fingerprint density at radius 2 is 1.38 bits per heavy atom. The van der Waals surface area contributed by atoms with Gasteiger partial charge in [0.15, 0.2) is 0 Å². The van der Waals surface area contributed by atoms with Gasteiger partial charge in [0.1, 0.15) is 6.61 Å². The highest BCUT2D eigenvalue weighted by atomic mass is 16.7. The van der Waals surface area contributed by atoms with Gasteiger partial charge in [-0.2, -0.15) is 0 Å². The topological polar surface area (TPSA) is 65.1 Å². The van der Waals surface area contributed by atoms with E-state index in [1.165, 1.54) is 38.5 Å². The highest BCUT2D eigenvalue weighted by Crippen LogP contribution is 2.09. The number of rotatable bonds is 22. The lowest BCUT2D eigenvalue weighted by molar-refractivity contribution is -0.145. The van der Waals surface area contributed by atoms with Crippen molar-refractivity contribution in [1.29, 1.82) is 0 Å². The summed E-state index contributed by atoms with van der Waals surface area (Å²) in [5.74, 6) is -0.230. The van der Waals surface area contributed by atoms with Crippen LogP contribution in [0.15, 0.2) is 24.3 Å². The first-order valence-corrected chi connectivity index (χ1v) is 13.4. The minimum atomic E-state index is -0.665. The van der Waals surface area contributed by atoms with Crippen molar-refractivity contribution in [1.82, 2.24) is 4.90 Å². The van der Waals surface area contributed by atoms with Crippen molar-refractivity contribution < 1.29 is 23.8 Å². The van der Waals surface area contributed by atoms with Crippen LogP contribution >= 0.6 is 0 Å². The summed E-state index contributed by atoms with van der Waals surface area (Å²) in [6.45, 7) is 5.75. The largest absolute Gasteiger partial charge is 0.508 e. The molecule has 1 unspecified atom stereocenters. The van der Waals surface area contributed by atoms with Gasteiger partial charge in [0.05, 0.1) is 13.2 Å². The number of unbranched alkanes of at least 4 members (excludes halogenated alkanes) is 8. The summed E-state index contributed by atoms with van der Waals surface area (Å²) in [6.07, 6.45) is 22.4. The predicted molar refractivity (Wildman–Crippen MR) is 140 cm³/mol. The van der Waals surface area contributed by atoms with E-state index in [4.69, 9.17) is 14.2 Å². The summed E-state index contributed by atoms with van der Waals surface area (Å²) < 4.78 is 15.4. The van der Waals surface area contributed by atoms with Gasteiger partial charge in [-0.25, -0.2) is 4.79 Å². The highest BCUT2D eigenvalue weighted by molar-refractivity contribution is 5.69. The monoisotopic (exact) mass is 481 g/mol. The normalized spacial score (nSPS) is 12.5. The summed E-state index contributed by atoms with van der Waals surface area (Å²) in [6, 6.07) is 0. The number of ether oxygens (including phenoxy) is 3. The maximum absolute atomic E-state index is 11.9. The Kier molecular flexibility index (Phi) is 23.0. The van der Waals surface area contributed by atoms with E-state index in [-0.39, 0.29) is 25.1 Å². The van der Waals surface area contributed by atoms with Gasteiger partial charge in [-0.3, -0.25) is 4.79 Å². The van der Waals surface area contributed by atoms with Crippen LogP contribution in [0.25, 0.3) is 0 Å². The SMILES string of the molecule is CCCCC/C=C\C/C=C\CCCCCCCC(=O)OCC(C)COC(=O)OCCCN(C)C. The van der Waals surface area contributed by atoms with Crippen molar-refractivity contribution in [3.8, 4) is 0 Å². The fourth-order valence-electron chi connectivity index (χ4n) is 3.22. The second-order valence-electron chi connectivity index (χ2n) is 9.34. The number of allylic oxidation sites excluding steroid dienone is 4. The summed E-state index contributed by atoms with van der Waals surface area (Å²) in [5, 5.41) is 0. The van der Waals surface area contributed by atoms with Crippen LogP contribution in [-0.4, -0.2) is 57.5 Å². The Morgan fingerprint density at radius 1 is 0.765 bits per heavy atom. The van der Waals surface area contributed by atoms with Crippen LogP contribution in [-0.2, 0) is 19.0 Å². The zero-order chi connectivity index (χ0) is 25.3. The molecule has 0 bridgehead atoms. The molecule has 0 rings (SSSR count). The zero-order valence-electron chi connectivity index (χ0n) is 22.4. The Hall–Kier alpha value is -1.82. The van der Waals surface area contributed by atoms with Crippen molar-refractivity contribution in [2.75, 3.05) is 40.5 Å². The van der Waals surface area contributed by atoms with E-state index in [1.54, 1.807) is 0 Å². The van der Waals surface area contributed by atoms with E-state index in [1.807, 2.05) is 25.9 Å². The smallest absolute Gasteiger partial charge is 0.465 e. The molecule has 0 saturated carbocycles. The standard InChI is InChI=1S/C28H51NO5/c1-5-6-7-8-9-10-11-12-13-14-15-16-17-18-19-21-27(30)33-24-26(2)25-34-28(31)32-23-20-22-29(3)4/h9-10,12-13,26H,5-8,11,14-25H2,1-4H3/b10-9-,13-12-. The molecule has 34 heavy (non-hydrogen) atoms. The van der Waals surface area contributed by atoms with Crippen molar-refractivity contribution in [3.63, 3.8) is 0 Å². The first-order chi connectivity index (χ1) is 16.5. The molecule has 1 atom stereocenters. The number of hydrogen-bond donors (Lipinski definition) is 0. The van der Waals surface area contributed by atoms with Crippen LogP contribution in [0.3, 0.4) is 0 Å². The van der Waals surface area contributed by atoms with Crippen LogP contribution in [0, 0.1) is 5.92 Å². The average Bonchev–Trinajstić information content (AvgIpc) is 2.81. The first-order valence-electron chi connectivity index (χ1n) is 13.4. The third-order valence-corrected chi connectivity index (χ3v) is 5.32. The second-order valence-corrected chi connectivity index (χ2v) is 9.34. The number of carbonyl (C=O) groups excluding carboxylic acids is 2. The van der Waals surface area contributed by atoms with Crippen LogP contribution in [0.2, 0.25) is 0 Å². The fraction of sp³-hybridized carbons (Fsp3) is 0.786. The zero-order valence-corrected chi connectivity index (χ0v) is 22.4. The molecule has 0 aliphatic rings. The van der Waals surface area contributed by atoms with Gasteiger partial charge in [-0.1, -0.05) is 70.3 Å². The molecule has 198 valence electrons. The van der Waals surface area contributed by atoms with E-state index in [0.717, 1.165) is 45.1 Å². The lowest BCUT2D eigenvalue weighted by Crippen LogP contribution is -2.20. The number of hydrogen-bond acceptors (Lipinski definition) is 6. The molecule has 0 aromatic carbocycles. The minimum absolute atomic E-state index is 0.0529. The maximum Gasteiger partial charge on any atom is 0.508 e. The molecule has 0 aliphatic heterocycles. The van der Waals surface area contributed by atoms with Crippen molar-refractivity contribution >= 4 is 12.1 Å². The summed E-state index contributed by atoms with van der Waals surface area (Å²) >= 11 is 0. The minimum Gasteiger partial charge on any atom is -0.465 e. The van der Waals surface area contributed by atoms with Crippen LogP contribution in [0.1, 0.15) is 97.3 Å². The maximum atomic E-state index is 11.9. The molecule has 0 aromatic heterocycles. The Morgan fingerprint density at radius 3 is 2.06 bits per heavy atom. The Bertz CT molecular complexity index is 545. The molecule has 0 heterocycles. The molecular formula is C28H51NO5. The predicted octanol–water partition coefficient (Wildman–Crippen LogP) is 7.08. The molecular weight excluding hydrogens is 430 g/mol. The second kappa shape index (κ2) is 24.3. The Labute approximate surface area is 209 Å².